The summed E-state index contributed by atoms with van der Waals surface area (Å²) >= 11 is 25.7. The zero-order valence-electron chi connectivity index (χ0n) is 18.2. The molecule has 1 aliphatic heterocycles. The number of rotatable bonds is 7. The molecule has 0 radical (unpaired) electrons. The Morgan fingerprint density at radius 1 is 0.857 bits per heavy atom. The zero-order valence-corrected chi connectivity index (χ0v) is 22.0. The predicted molar refractivity (Wildman–Crippen MR) is 142 cm³/mol. The van der Waals surface area contributed by atoms with E-state index < -0.39 is 11.1 Å². The van der Waals surface area contributed by atoms with Crippen molar-refractivity contribution < 1.29 is 19.1 Å². The van der Waals surface area contributed by atoms with Crippen LogP contribution in [0.3, 0.4) is 0 Å². The molecule has 0 aliphatic carbocycles. The fourth-order valence-electron chi connectivity index (χ4n) is 3.34. The number of thioether (sulfide) groups is 1. The summed E-state index contributed by atoms with van der Waals surface area (Å²) in [6.07, 6.45) is 1.62. The van der Waals surface area contributed by atoms with E-state index in [1.807, 2.05) is 0 Å². The fourth-order valence-corrected chi connectivity index (χ4v) is 5.20. The zero-order chi connectivity index (χ0) is 25.1. The van der Waals surface area contributed by atoms with Gasteiger partial charge in [0, 0.05) is 31.2 Å². The average Bonchev–Trinajstić information content (AvgIpc) is 3.08. The van der Waals surface area contributed by atoms with Crippen molar-refractivity contribution in [2.75, 3.05) is 7.11 Å². The van der Waals surface area contributed by atoms with Crippen molar-refractivity contribution in [1.82, 2.24) is 4.90 Å². The lowest BCUT2D eigenvalue weighted by Gasteiger charge is -2.15. The van der Waals surface area contributed by atoms with Gasteiger partial charge in [0.2, 0.25) is 0 Å². The number of amides is 2. The Labute approximate surface area is 226 Å². The first-order valence-corrected chi connectivity index (χ1v) is 12.5. The minimum absolute atomic E-state index is 0.0127. The number of imide groups is 1. The molecule has 0 spiro atoms. The number of carbonyl (C=O) groups is 2. The second-order valence-corrected chi connectivity index (χ2v) is 9.99. The van der Waals surface area contributed by atoms with Gasteiger partial charge in [-0.05, 0) is 59.8 Å². The SMILES string of the molecule is COc1cc(/C=C2\SC(=O)N(Cc3c(Cl)cccc3Cl)C2=O)ccc1OCc1c(Cl)cccc1Cl. The van der Waals surface area contributed by atoms with Gasteiger partial charge in [-0.3, -0.25) is 14.5 Å². The third kappa shape index (κ3) is 5.74. The van der Waals surface area contributed by atoms with Gasteiger partial charge in [0.1, 0.15) is 6.61 Å². The summed E-state index contributed by atoms with van der Waals surface area (Å²) in [6.45, 7) is 0.138. The first-order valence-electron chi connectivity index (χ1n) is 10.2. The van der Waals surface area contributed by atoms with Crippen molar-refractivity contribution in [1.29, 1.82) is 0 Å². The normalized spacial score (nSPS) is 14.7. The Morgan fingerprint density at radius 3 is 2.06 bits per heavy atom. The summed E-state index contributed by atoms with van der Waals surface area (Å²) in [5, 5.41) is 1.38. The predicted octanol–water partition coefficient (Wildman–Crippen LogP) is 8.12. The third-order valence-corrected chi connectivity index (χ3v) is 7.49. The first kappa shape index (κ1) is 25.7. The van der Waals surface area contributed by atoms with E-state index in [2.05, 4.69) is 0 Å². The number of hydrogen-bond donors (Lipinski definition) is 0. The molecular formula is C25H17Cl4NO4S. The smallest absolute Gasteiger partial charge is 0.293 e. The highest BCUT2D eigenvalue weighted by molar-refractivity contribution is 8.18. The van der Waals surface area contributed by atoms with Crippen LogP contribution in [0.5, 0.6) is 11.5 Å². The lowest BCUT2D eigenvalue weighted by Crippen LogP contribution is -2.27. The molecule has 1 aliphatic rings. The number of carbonyl (C=O) groups excluding carboxylic acids is 2. The van der Waals surface area contributed by atoms with E-state index in [0.717, 1.165) is 16.7 Å². The van der Waals surface area contributed by atoms with Crippen molar-refractivity contribution in [3.8, 4) is 11.5 Å². The average molecular weight is 569 g/mol. The first-order chi connectivity index (χ1) is 16.8. The van der Waals surface area contributed by atoms with Gasteiger partial charge in [0.15, 0.2) is 11.5 Å². The maximum atomic E-state index is 12.9. The molecule has 10 heteroatoms. The second kappa shape index (κ2) is 11.1. The Kier molecular flexibility index (Phi) is 8.19. The molecular weight excluding hydrogens is 552 g/mol. The molecule has 0 bridgehead atoms. The van der Waals surface area contributed by atoms with Crippen molar-refractivity contribution in [2.45, 2.75) is 13.2 Å². The Hall–Kier alpha value is -2.35. The van der Waals surface area contributed by atoms with E-state index in [1.165, 1.54) is 7.11 Å². The molecule has 1 fully saturated rings. The summed E-state index contributed by atoms with van der Waals surface area (Å²) in [7, 11) is 1.51. The van der Waals surface area contributed by atoms with Crippen molar-refractivity contribution in [3.05, 3.63) is 96.3 Å². The molecule has 4 rings (SSSR count). The van der Waals surface area contributed by atoms with E-state index in [4.69, 9.17) is 55.9 Å². The summed E-state index contributed by atoms with van der Waals surface area (Å²) < 4.78 is 11.3. The van der Waals surface area contributed by atoms with E-state index >= 15 is 0 Å². The maximum absolute atomic E-state index is 12.9. The van der Waals surface area contributed by atoms with Gasteiger partial charge in [-0.25, -0.2) is 0 Å². The van der Waals surface area contributed by atoms with Crippen molar-refractivity contribution >= 4 is 75.4 Å². The number of ether oxygens (including phenoxy) is 2. The third-order valence-electron chi connectivity index (χ3n) is 5.17. The lowest BCUT2D eigenvalue weighted by molar-refractivity contribution is -0.123. The van der Waals surface area contributed by atoms with E-state index in [0.29, 0.717) is 48.3 Å². The van der Waals surface area contributed by atoms with Gasteiger partial charge in [-0.1, -0.05) is 64.6 Å². The lowest BCUT2D eigenvalue weighted by atomic mass is 10.1. The van der Waals surface area contributed by atoms with Gasteiger partial charge in [-0.15, -0.1) is 0 Å². The largest absolute Gasteiger partial charge is 0.493 e. The number of methoxy groups -OCH3 is 1. The summed E-state index contributed by atoms with van der Waals surface area (Å²) in [4.78, 5) is 26.9. The van der Waals surface area contributed by atoms with Crippen LogP contribution in [-0.4, -0.2) is 23.2 Å². The number of nitrogens with zero attached hydrogens (tertiary/aromatic N) is 1. The van der Waals surface area contributed by atoms with Gasteiger partial charge in [0.05, 0.1) is 18.6 Å². The molecule has 1 saturated heterocycles. The van der Waals surface area contributed by atoms with E-state index in [-0.39, 0.29) is 18.1 Å². The van der Waals surface area contributed by atoms with E-state index in [9.17, 15) is 9.59 Å². The van der Waals surface area contributed by atoms with Crippen LogP contribution in [-0.2, 0) is 17.9 Å². The van der Waals surface area contributed by atoms with Gasteiger partial charge >= 0.3 is 0 Å². The van der Waals surface area contributed by atoms with Crippen LogP contribution in [0.15, 0.2) is 59.5 Å². The number of hydrogen-bond acceptors (Lipinski definition) is 5. The molecule has 0 saturated carbocycles. The molecule has 5 nitrogen and oxygen atoms in total. The van der Waals surface area contributed by atoms with Crippen molar-refractivity contribution in [2.24, 2.45) is 0 Å². The van der Waals surface area contributed by atoms with Crippen LogP contribution in [0.1, 0.15) is 16.7 Å². The highest BCUT2D eigenvalue weighted by atomic mass is 35.5. The van der Waals surface area contributed by atoms with Crippen molar-refractivity contribution in [3.63, 3.8) is 0 Å². The van der Waals surface area contributed by atoms with Crippen LogP contribution in [0.2, 0.25) is 20.1 Å². The van der Waals surface area contributed by atoms with Crippen LogP contribution >= 0.6 is 58.2 Å². The Morgan fingerprint density at radius 2 is 1.46 bits per heavy atom. The molecule has 3 aromatic rings. The van der Waals surface area contributed by atoms with Crippen LogP contribution in [0.4, 0.5) is 4.79 Å². The summed E-state index contributed by atoms with van der Waals surface area (Å²) in [5.41, 5.74) is 1.83. The highest BCUT2D eigenvalue weighted by Gasteiger charge is 2.35. The minimum atomic E-state index is -0.427. The standard InChI is InChI=1S/C25H17Cl4NO4S/c1-33-22-10-14(8-9-21(22)34-13-16-19(28)6-3-7-20(16)29)11-23-24(31)30(25(32)35-23)12-15-17(26)4-2-5-18(15)27/h2-11H,12-13H2,1H3/b23-11-. The quantitative estimate of drug-likeness (QED) is 0.269. The van der Waals surface area contributed by atoms with E-state index in [1.54, 1.807) is 60.7 Å². The summed E-state index contributed by atoms with van der Waals surface area (Å²) in [6, 6.07) is 15.4. The highest BCUT2D eigenvalue weighted by Crippen LogP contribution is 2.37. The minimum Gasteiger partial charge on any atom is -0.493 e. The Balaban J connectivity index is 1.52. The second-order valence-electron chi connectivity index (χ2n) is 7.37. The monoisotopic (exact) mass is 567 g/mol. The maximum Gasteiger partial charge on any atom is 0.293 e. The van der Waals surface area contributed by atoms with Crippen LogP contribution < -0.4 is 9.47 Å². The molecule has 2 amide bonds. The molecule has 0 atom stereocenters. The molecule has 180 valence electrons. The van der Waals surface area contributed by atoms with Gasteiger partial charge < -0.3 is 9.47 Å². The number of halogens is 4. The van der Waals surface area contributed by atoms with Gasteiger partial charge in [-0.2, -0.15) is 0 Å². The number of benzene rings is 3. The van der Waals surface area contributed by atoms with Crippen LogP contribution in [0.25, 0.3) is 6.08 Å². The summed E-state index contributed by atoms with van der Waals surface area (Å²) in [5.74, 6) is 0.495. The van der Waals surface area contributed by atoms with Crippen LogP contribution in [0, 0.1) is 0 Å². The fraction of sp³-hybridized carbons (Fsp3) is 0.120. The Bertz CT molecular complexity index is 1300. The van der Waals surface area contributed by atoms with Gasteiger partial charge in [0.25, 0.3) is 11.1 Å². The molecule has 0 aromatic heterocycles. The topological polar surface area (TPSA) is 55.8 Å². The molecule has 0 unspecified atom stereocenters. The molecule has 0 N–H and O–H groups in total. The molecule has 1 heterocycles. The molecule has 3 aromatic carbocycles. The molecule has 35 heavy (non-hydrogen) atoms.